The number of rotatable bonds is 5. The summed E-state index contributed by atoms with van der Waals surface area (Å²) in [5.74, 6) is 1.13. The highest BCUT2D eigenvalue weighted by Gasteiger charge is 2.04. The summed E-state index contributed by atoms with van der Waals surface area (Å²) >= 11 is 6.10. The molecule has 0 bridgehead atoms. The van der Waals surface area contributed by atoms with E-state index in [9.17, 15) is 0 Å². The Bertz CT molecular complexity index is 560. The molecule has 100 valence electrons. The van der Waals surface area contributed by atoms with Crippen LogP contribution in [0.4, 0.5) is 5.95 Å². The quantitative estimate of drug-likeness (QED) is 0.909. The molecule has 0 aliphatic heterocycles. The van der Waals surface area contributed by atoms with E-state index in [1.54, 1.807) is 0 Å². The van der Waals surface area contributed by atoms with Gasteiger partial charge in [0.15, 0.2) is 0 Å². The fourth-order valence-electron chi connectivity index (χ4n) is 1.66. The average Bonchev–Trinajstić information content (AvgIpc) is 2.37. The van der Waals surface area contributed by atoms with Crippen LogP contribution in [0.15, 0.2) is 30.3 Å². The number of aromatic nitrogens is 2. The first-order chi connectivity index (χ1) is 9.19. The van der Waals surface area contributed by atoms with Crippen LogP contribution >= 0.6 is 11.6 Å². The molecule has 1 N–H and O–H groups in total. The topological polar surface area (TPSA) is 47.0 Å². The number of halogens is 1. The van der Waals surface area contributed by atoms with Gasteiger partial charge in [0.2, 0.25) is 11.8 Å². The lowest BCUT2D eigenvalue weighted by atomic mass is 10.2. The van der Waals surface area contributed by atoms with Crippen LogP contribution in [0.25, 0.3) is 0 Å². The van der Waals surface area contributed by atoms with Crippen molar-refractivity contribution in [2.24, 2.45) is 0 Å². The summed E-state index contributed by atoms with van der Waals surface area (Å²) in [4.78, 5) is 8.60. The molecule has 0 fully saturated rings. The molecule has 0 spiro atoms. The van der Waals surface area contributed by atoms with Crippen LogP contribution < -0.4 is 10.1 Å². The van der Waals surface area contributed by atoms with E-state index in [0.29, 0.717) is 25.0 Å². The van der Waals surface area contributed by atoms with Crippen molar-refractivity contribution < 1.29 is 4.74 Å². The van der Waals surface area contributed by atoms with E-state index in [4.69, 9.17) is 16.3 Å². The first kappa shape index (κ1) is 13.6. The molecule has 1 aromatic carbocycles. The van der Waals surface area contributed by atoms with Crippen LogP contribution in [-0.4, -0.2) is 16.6 Å². The molecule has 0 saturated heterocycles. The highest BCUT2D eigenvalue weighted by molar-refractivity contribution is 6.31. The Balaban J connectivity index is 2.09. The Hall–Kier alpha value is -1.81. The van der Waals surface area contributed by atoms with Gasteiger partial charge in [-0.2, -0.15) is 4.98 Å². The molecule has 0 aliphatic rings. The summed E-state index contributed by atoms with van der Waals surface area (Å²) in [7, 11) is 0. The summed E-state index contributed by atoms with van der Waals surface area (Å²) in [5.41, 5.74) is 1.87. The first-order valence-electron chi connectivity index (χ1n) is 6.15. The zero-order chi connectivity index (χ0) is 13.7. The molecule has 2 aromatic rings. The normalized spacial score (nSPS) is 10.3. The SMILES string of the molecule is CCOc1cc(C)nc(NCc2ccccc2Cl)n1. The first-order valence-corrected chi connectivity index (χ1v) is 6.52. The maximum atomic E-state index is 6.10. The monoisotopic (exact) mass is 277 g/mol. The lowest BCUT2D eigenvalue weighted by Gasteiger charge is -2.09. The Morgan fingerprint density at radius 3 is 2.79 bits per heavy atom. The van der Waals surface area contributed by atoms with Crippen LogP contribution in [0, 0.1) is 6.92 Å². The average molecular weight is 278 g/mol. The zero-order valence-electron chi connectivity index (χ0n) is 11.0. The van der Waals surface area contributed by atoms with Crippen molar-refractivity contribution in [3.8, 4) is 5.88 Å². The molecule has 1 heterocycles. The minimum atomic E-state index is 0.545. The fraction of sp³-hybridized carbons (Fsp3) is 0.286. The maximum Gasteiger partial charge on any atom is 0.226 e. The molecular weight excluding hydrogens is 262 g/mol. The van der Waals surface area contributed by atoms with E-state index < -0.39 is 0 Å². The van der Waals surface area contributed by atoms with Crippen molar-refractivity contribution in [2.45, 2.75) is 20.4 Å². The number of nitrogens with one attached hydrogen (secondary N) is 1. The van der Waals surface area contributed by atoms with Crippen molar-refractivity contribution in [1.29, 1.82) is 0 Å². The second kappa shape index (κ2) is 6.38. The minimum Gasteiger partial charge on any atom is -0.478 e. The van der Waals surface area contributed by atoms with Crippen LogP contribution in [0.2, 0.25) is 5.02 Å². The van der Waals surface area contributed by atoms with Gasteiger partial charge in [-0.3, -0.25) is 0 Å². The third-order valence-electron chi connectivity index (χ3n) is 2.52. The van der Waals surface area contributed by atoms with Gasteiger partial charge >= 0.3 is 0 Å². The van der Waals surface area contributed by atoms with Crippen molar-refractivity contribution in [2.75, 3.05) is 11.9 Å². The van der Waals surface area contributed by atoms with Gasteiger partial charge in [0.25, 0.3) is 0 Å². The Morgan fingerprint density at radius 1 is 1.26 bits per heavy atom. The van der Waals surface area contributed by atoms with E-state index in [0.717, 1.165) is 16.3 Å². The molecule has 1 aromatic heterocycles. The van der Waals surface area contributed by atoms with Crippen LogP contribution in [0.1, 0.15) is 18.2 Å². The van der Waals surface area contributed by atoms with Crippen molar-refractivity contribution >= 4 is 17.5 Å². The van der Waals surface area contributed by atoms with Crippen molar-refractivity contribution in [3.63, 3.8) is 0 Å². The summed E-state index contributed by atoms with van der Waals surface area (Å²) in [6.07, 6.45) is 0. The van der Waals surface area contributed by atoms with Crippen molar-refractivity contribution in [1.82, 2.24) is 9.97 Å². The Labute approximate surface area is 117 Å². The van der Waals surface area contributed by atoms with Gasteiger partial charge in [0, 0.05) is 23.3 Å². The lowest BCUT2D eigenvalue weighted by molar-refractivity contribution is 0.326. The third kappa shape index (κ3) is 3.83. The second-order valence-corrected chi connectivity index (χ2v) is 4.46. The van der Waals surface area contributed by atoms with E-state index in [1.807, 2.05) is 44.2 Å². The smallest absolute Gasteiger partial charge is 0.226 e. The van der Waals surface area contributed by atoms with Gasteiger partial charge in [0.1, 0.15) is 0 Å². The minimum absolute atomic E-state index is 0.545. The predicted octanol–water partition coefficient (Wildman–Crippen LogP) is 3.45. The maximum absolute atomic E-state index is 6.10. The Kier molecular flexibility index (Phi) is 4.58. The number of hydrogen-bond acceptors (Lipinski definition) is 4. The van der Waals surface area contributed by atoms with E-state index in [-0.39, 0.29) is 0 Å². The molecule has 0 radical (unpaired) electrons. The number of anilines is 1. The zero-order valence-corrected chi connectivity index (χ0v) is 11.7. The highest BCUT2D eigenvalue weighted by Crippen LogP contribution is 2.17. The van der Waals surface area contributed by atoms with Gasteiger partial charge < -0.3 is 10.1 Å². The number of benzene rings is 1. The molecular formula is C14H16ClN3O. The van der Waals surface area contributed by atoms with E-state index in [2.05, 4.69) is 15.3 Å². The van der Waals surface area contributed by atoms with Crippen LogP contribution in [-0.2, 0) is 6.54 Å². The Morgan fingerprint density at radius 2 is 2.05 bits per heavy atom. The molecule has 0 atom stereocenters. The predicted molar refractivity (Wildman–Crippen MR) is 76.7 cm³/mol. The second-order valence-electron chi connectivity index (χ2n) is 4.05. The fourth-order valence-corrected chi connectivity index (χ4v) is 1.86. The largest absolute Gasteiger partial charge is 0.478 e. The standard InChI is InChI=1S/C14H16ClN3O/c1-3-19-13-8-10(2)17-14(18-13)16-9-11-6-4-5-7-12(11)15/h4-8H,3,9H2,1-2H3,(H,16,17,18). The molecule has 0 saturated carbocycles. The summed E-state index contributed by atoms with van der Waals surface area (Å²) in [5, 5.41) is 3.88. The van der Waals surface area contributed by atoms with Gasteiger partial charge in [-0.25, -0.2) is 4.98 Å². The molecule has 0 aliphatic carbocycles. The highest BCUT2D eigenvalue weighted by atomic mass is 35.5. The van der Waals surface area contributed by atoms with Gasteiger partial charge in [-0.05, 0) is 25.5 Å². The summed E-state index contributed by atoms with van der Waals surface area (Å²) < 4.78 is 5.39. The van der Waals surface area contributed by atoms with Gasteiger partial charge in [0.05, 0.1) is 6.61 Å². The number of ether oxygens (including phenoxy) is 1. The number of hydrogen-bond donors (Lipinski definition) is 1. The summed E-state index contributed by atoms with van der Waals surface area (Å²) in [6.45, 7) is 4.99. The molecule has 0 amide bonds. The molecule has 19 heavy (non-hydrogen) atoms. The van der Waals surface area contributed by atoms with Crippen LogP contribution in [0.5, 0.6) is 5.88 Å². The van der Waals surface area contributed by atoms with E-state index in [1.165, 1.54) is 0 Å². The number of aryl methyl sites for hydroxylation is 1. The molecule has 0 unspecified atom stereocenters. The molecule has 4 nitrogen and oxygen atoms in total. The molecule has 2 rings (SSSR count). The van der Waals surface area contributed by atoms with Gasteiger partial charge in [-0.1, -0.05) is 29.8 Å². The summed E-state index contributed by atoms with van der Waals surface area (Å²) in [6, 6.07) is 9.49. The lowest BCUT2D eigenvalue weighted by Crippen LogP contribution is -2.06. The van der Waals surface area contributed by atoms with E-state index >= 15 is 0 Å². The third-order valence-corrected chi connectivity index (χ3v) is 2.89. The van der Waals surface area contributed by atoms with Crippen LogP contribution in [0.3, 0.4) is 0 Å². The number of nitrogens with zero attached hydrogens (tertiary/aromatic N) is 2. The molecule has 5 heteroatoms. The van der Waals surface area contributed by atoms with Gasteiger partial charge in [-0.15, -0.1) is 0 Å². The van der Waals surface area contributed by atoms with Crippen molar-refractivity contribution in [3.05, 3.63) is 46.6 Å².